The summed E-state index contributed by atoms with van der Waals surface area (Å²) < 4.78 is 12.2. The van der Waals surface area contributed by atoms with Crippen molar-refractivity contribution >= 4 is 68.1 Å². The number of thioether (sulfide) groups is 1. The molecule has 164 valence electrons. The highest BCUT2D eigenvalue weighted by Crippen LogP contribution is 2.40. The summed E-state index contributed by atoms with van der Waals surface area (Å²) in [5.74, 6) is 0.785. The van der Waals surface area contributed by atoms with Crippen molar-refractivity contribution in [3.05, 3.63) is 60.9 Å². The number of halogens is 3. The monoisotopic (exact) mass is 543 g/mol. The highest BCUT2D eigenvalue weighted by atomic mass is 79.9. The van der Waals surface area contributed by atoms with E-state index in [2.05, 4.69) is 15.9 Å². The average Bonchev–Trinajstić information content (AvgIpc) is 2.97. The van der Waals surface area contributed by atoms with E-state index in [1.807, 2.05) is 19.9 Å². The molecule has 1 aliphatic rings. The smallest absolute Gasteiger partial charge is 0.293 e. The third-order valence-corrected chi connectivity index (χ3v) is 6.54. The van der Waals surface area contributed by atoms with Crippen LogP contribution in [0.3, 0.4) is 0 Å². The Morgan fingerprint density at radius 3 is 2.48 bits per heavy atom. The Morgan fingerprint density at radius 2 is 1.84 bits per heavy atom. The predicted octanol–water partition coefficient (Wildman–Crippen LogP) is 7.18. The number of ether oxygens (including phenoxy) is 2. The molecule has 0 spiro atoms. The van der Waals surface area contributed by atoms with E-state index in [4.69, 9.17) is 32.7 Å². The van der Waals surface area contributed by atoms with Crippen LogP contribution in [0, 0.1) is 0 Å². The summed E-state index contributed by atoms with van der Waals surface area (Å²) >= 11 is 16.8. The van der Waals surface area contributed by atoms with E-state index in [-0.39, 0.29) is 11.8 Å². The Hall–Kier alpha value is -1.67. The minimum atomic E-state index is -0.397. The largest absolute Gasteiger partial charge is 0.490 e. The first-order valence-corrected chi connectivity index (χ1v) is 12.0. The Kier molecular flexibility index (Phi) is 8.33. The number of hydrogen-bond acceptors (Lipinski definition) is 5. The van der Waals surface area contributed by atoms with Gasteiger partial charge in [0.1, 0.15) is 0 Å². The first-order chi connectivity index (χ1) is 14.8. The van der Waals surface area contributed by atoms with Crippen LogP contribution in [-0.2, 0) is 11.3 Å². The number of rotatable bonds is 8. The molecule has 2 aromatic rings. The van der Waals surface area contributed by atoms with E-state index in [9.17, 15) is 9.59 Å². The molecular weight excluding hydrogens is 525 g/mol. The molecule has 0 atom stereocenters. The highest BCUT2D eigenvalue weighted by molar-refractivity contribution is 9.10. The molecule has 0 aliphatic carbocycles. The molecular formula is C22H20BrCl2NO4S. The standard InChI is InChI=1S/C22H20BrCl2NO4S/c1-3-8-30-20-15(23)9-13(10-18(20)29-4-2)11-19-21(27)26(22(28)31-19)12-14-16(24)6-5-7-17(14)25/h5-7,9-11H,3-4,8,12H2,1-2H3/b19-11-. The van der Waals surface area contributed by atoms with Gasteiger partial charge in [-0.15, -0.1) is 0 Å². The van der Waals surface area contributed by atoms with E-state index < -0.39 is 5.91 Å². The van der Waals surface area contributed by atoms with Crippen molar-refractivity contribution in [3.63, 3.8) is 0 Å². The summed E-state index contributed by atoms with van der Waals surface area (Å²) in [7, 11) is 0. The van der Waals surface area contributed by atoms with Gasteiger partial charge in [0.15, 0.2) is 11.5 Å². The first kappa shape index (κ1) is 24.0. The van der Waals surface area contributed by atoms with E-state index in [0.29, 0.717) is 55.3 Å². The van der Waals surface area contributed by atoms with E-state index in [1.165, 1.54) is 0 Å². The third kappa shape index (κ3) is 5.58. The van der Waals surface area contributed by atoms with Crippen molar-refractivity contribution in [2.45, 2.75) is 26.8 Å². The molecule has 0 saturated carbocycles. The van der Waals surface area contributed by atoms with Crippen LogP contribution >= 0.6 is 50.9 Å². The van der Waals surface area contributed by atoms with Crippen LogP contribution in [0.15, 0.2) is 39.7 Å². The van der Waals surface area contributed by atoms with Crippen LogP contribution in [0.5, 0.6) is 11.5 Å². The number of hydrogen-bond donors (Lipinski definition) is 0. The topological polar surface area (TPSA) is 55.8 Å². The summed E-state index contributed by atoms with van der Waals surface area (Å²) in [5, 5.41) is 0.436. The van der Waals surface area contributed by atoms with Gasteiger partial charge in [0, 0.05) is 15.6 Å². The van der Waals surface area contributed by atoms with Crippen LogP contribution in [0.2, 0.25) is 10.0 Å². The lowest BCUT2D eigenvalue weighted by molar-refractivity contribution is -0.123. The van der Waals surface area contributed by atoms with Crippen molar-refractivity contribution in [2.75, 3.05) is 13.2 Å². The number of amides is 2. The molecule has 1 heterocycles. The molecule has 3 rings (SSSR count). The van der Waals surface area contributed by atoms with Crippen molar-refractivity contribution in [1.29, 1.82) is 0 Å². The fourth-order valence-electron chi connectivity index (χ4n) is 2.91. The fraction of sp³-hybridized carbons (Fsp3) is 0.273. The van der Waals surface area contributed by atoms with Crippen molar-refractivity contribution in [3.8, 4) is 11.5 Å². The van der Waals surface area contributed by atoms with Gasteiger partial charge < -0.3 is 9.47 Å². The lowest BCUT2D eigenvalue weighted by Crippen LogP contribution is -2.27. The van der Waals surface area contributed by atoms with Gasteiger partial charge in [-0.2, -0.15) is 0 Å². The molecule has 2 aromatic carbocycles. The second kappa shape index (κ2) is 10.8. The molecule has 31 heavy (non-hydrogen) atoms. The molecule has 0 aromatic heterocycles. The quantitative estimate of drug-likeness (QED) is 0.329. The van der Waals surface area contributed by atoms with Gasteiger partial charge in [-0.1, -0.05) is 36.2 Å². The Balaban J connectivity index is 1.88. The van der Waals surface area contributed by atoms with E-state index >= 15 is 0 Å². The number of carbonyl (C=O) groups excluding carboxylic acids is 2. The zero-order valence-corrected chi connectivity index (χ0v) is 20.8. The number of nitrogens with zero attached hydrogens (tertiary/aromatic N) is 1. The lowest BCUT2D eigenvalue weighted by Gasteiger charge is -2.15. The minimum absolute atomic E-state index is 0.0121. The molecule has 5 nitrogen and oxygen atoms in total. The first-order valence-electron chi connectivity index (χ1n) is 9.63. The molecule has 0 unspecified atom stereocenters. The Labute approximate surface area is 203 Å². The maximum absolute atomic E-state index is 12.9. The SMILES string of the molecule is CCCOc1c(Br)cc(/C=C2\SC(=O)N(Cc3c(Cl)cccc3Cl)C2=O)cc1OCC. The molecule has 9 heteroatoms. The second-order valence-corrected chi connectivity index (χ2v) is 9.24. The van der Waals surface area contributed by atoms with E-state index in [0.717, 1.165) is 23.1 Å². The van der Waals surface area contributed by atoms with Gasteiger partial charge in [0.2, 0.25) is 0 Å². The zero-order chi connectivity index (χ0) is 22.5. The maximum Gasteiger partial charge on any atom is 0.293 e. The van der Waals surface area contributed by atoms with Crippen molar-refractivity contribution in [1.82, 2.24) is 4.90 Å². The van der Waals surface area contributed by atoms with Gasteiger partial charge in [0.05, 0.1) is 29.1 Å². The fourth-order valence-corrected chi connectivity index (χ4v) is 4.84. The second-order valence-electron chi connectivity index (χ2n) is 6.58. The van der Waals surface area contributed by atoms with Gasteiger partial charge in [-0.05, 0) is 76.9 Å². The number of carbonyl (C=O) groups is 2. The average molecular weight is 545 g/mol. The molecule has 0 bridgehead atoms. The molecule has 2 amide bonds. The molecule has 1 saturated heterocycles. The number of benzene rings is 2. The third-order valence-electron chi connectivity index (χ3n) is 4.33. The summed E-state index contributed by atoms with van der Waals surface area (Å²) in [6, 6.07) is 8.67. The molecule has 1 aliphatic heterocycles. The molecule has 0 radical (unpaired) electrons. The van der Waals surface area contributed by atoms with Gasteiger partial charge in [0.25, 0.3) is 11.1 Å². The number of imide groups is 1. The van der Waals surface area contributed by atoms with E-state index in [1.54, 1.807) is 30.3 Å². The summed E-state index contributed by atoms with van der Waals surface area (Å²) in [6.07, 6.45) is 2.53. The summed E-state index contributed by atoms with van der Waals surface area (Å²) in [6.45, 7) is 4.94. The van der Waals surface area contributed by atoms with Crippen LogP contribution in [-0.4, -0.2) is 29.3 Å². The zero-order valence-electron chi connectivity index (χ0n) is 16.9. The van der Waals surface area contributed by atoms with Crippen LogP contribution in [0.1, 0.15) is 31.4 Å². The molecule has 0 N–H and O–H groups in total. The lowest BCUT2D eigenvalue weighted by atomic mass is 10.1. The van der Waals surface area contributed by atoms with Crippen LogP contribution in [0.4, 0.5) is 4.79 Å². The molecule has 1 fully saturated rings. The minimum Gasteiger partial charge on any atom is -0.490 e. The Morgan fingerprint density at radius 1 is 1.13 bits per heavy atom. The van der Waals surface area contributed by atoms with Crippen LogP contribution < -0.4 is 9.47 Å². The van der Waals surface area contributed by atoms with Gasteiger partial charge in [-0.25, -0.2) is 0 Å². The summed E-state index contributed by atoms with van der Waals surface area (Å²) in [5.41, 5.74) is 1.24. The maximum atomic E-state index is 12.9. The van der Waals surface area contributed by atoms with Gasteiger partial charge in [-0.3, -0.25) is 14.5 Å². The Bertz CT molecular complexity index is 1020. The van der Waals surface area contributed by atoms with Crippen molar-refractivity contribution in [2.24, 2.45) is 0 Å². The van der Waals surface area contributed by atoms with Crippen LogP contribution in [0.25, 0.3) is 6.08 Å². The van der Waals surface area contributed by atoms with Crippen molar-refractivity contribution < 1.29 is 19.1 Å². The summed E-state index contributed by atoms with van der Waals surface area (Å²) in [4.78, 5) is 26.9. The predicted molar refractivity (Wildman–Crippen MR) is 129 cm³/mol. The van der Waals surface area contributed by atoms with Gasteiger partial charge >= 0.3 is 0 Å². The normalized spacial score (nSPS) is 15.1. The highest BCUT2D eigenvalue weighted by Gasteiger charge is 2.35.